The van der Waals surface area contributed by atoms with Gasteiger partial charge in [-0.2, -0.15) is 11.3 Å². The lowest BCUT2D eigenvalue weighted by Gasteiger charge is -2.25. The van der Waals surface area contributed by atoms with Gasteiger partial charge in [-0.1, -0.05) is 0 Å². The van der Waals surface area contributed by atoms with E-state index in [1.807, 2.05) is 28.7 Å². The molecule has 0 saturated carbocycles. The highest BCUT2D eigenvalue weighted by Crippen LogP contribution is 2.32. The van der Waals surface area contributed by atoms with Crippen molar-refractivity contribution in [1.82, 2.24) is 20.2 Å². The van der Waals surface area contributed by atoms with Crippen LogP contribution in [0.25, 0.3) is 0 Å². The molecule has 1 aliphatic heterocycles. The summed E-state index contributed by atoms with van der Waals surface area (Å²) < 4.78 is 0. The van der Waals surface area contributed by atoms with Crippen molar-refractivity contribution < 1.29 is 9.59 Å². The fraction of sp³-hybridized carbons (Fsp3) is 0.444. The molecule has 132 valence electrons. The second-order valence-electron chi connectivity index (χ2n) is 6.28. The maximum Gasteiger partial charge on any atom is 0.224 e. The summed E-state index contributed by atoms with van der Waals surface area (Å²) in [6.45, 7) is 4.57. The summed E-state index contributed by atoms with van der Waals surface area (Å²) >= 11 is 1.58. The minimum Gasteiger partial charge on any atom is -0.352 e. The molecule has 1 atom stereocenters. The SMILES string of the molecule is CC(=O)N1CCCC1c1nc(C)ncc1CNC(=O)Cc1ccsc1. The quantitative estimate of drug-likeness (QED) is 0.890. The third-order valence-electron chi connectivity index (χ3n) is 4.41. The van der Waals surface area contributed by atoms with E-state index in [0.29, 0.717) is 18.8 Å². The van der Waals surface area contributed by atoms with Crippen molar-refractivity contribution in [3.8, 4) is 0 Å². The van der Waals surface area contributed by atoms with Gasteiger partial charge >= 0.3 is 0 Å². The molecule has 1 saturated heterocycles. The number of thiophene rings is 1. The first kappa shape index (κ1) is 17.5. The second-order valence-corrected chi connectivity index (χ2v) is 7.06. The van der Waals surface area contributed by atoms with E-state index in [1.54, 1.807) is 24.5 Å². The van der Waals surface area contributed by atoms with Crippen LogP contribution in [0, 0.1) is 6.92 Å². The molecular weight excluding hydrogens is 336 g/mol. The van der Waals surface area contributed by atoms with E-state index >= 15 is 0 Å². The summed E-state index contributed by atoms with van der Waals surface area (Å²) in [4.78, 5) is 34.7. The number of aryl methyl sites for hydroxylation is 1. The third kappa shape index (κ3) is 4.22. The zero-order valence-electron chi connectivity index (χ0n) is 14.5. The fourth-order valence-corrected chi connectivity index (χ4v) is 3.87. The molecule has 3 heterocycles. The Bertz CT molecular complexity index is 760. The van der Waals surface area contributed by atoms with Crippen LogP contribution in [0.4, 0.5) is 0 Å². The summed E-state index contributed by atoms with van der Waals surface area (Å²) in [5.74, 6) is 0.713. The smallest absolute Gasteiger partial charge is 0.224 e. The number of rotatable bonds is 5. The van der Waals surface area contributed by atoms with Gasteiger partial charge in [-0.25, -0.2) is 9.97 Å². The van der Waals surface area contributed by atoms with Crippen LogP contribution in [0.1, 0.15) is 48.5 Å². The molecule has 6 nitrogen and oxygen atoms in total. The van der Waals surface area contributed by atoms with E-state index in [9.17, 15) is 9.59 Å². The number of aromatic nitrogens is 2. The summed E-state index contributed by atoms with van der Waals surface area (Å²) in [5.41, 5.74) is 2.75. The molecule has 0 bridgehead atoms. The number of hydrogen-bond acceptors (Lipinski definition) is 5. The predicted octanol–water partition coefficient (Wildman–Crippen LogP) is 2.39. The van der Waals surface area contributed by atoms with Crippen LogP contribution in [0.5, 0.6) is 0 Å². The van der Waals surface area contributed by atoms with E-state index in [0.717, 1.165) is 36.2 Å². The van der Waals surface area contributed by atoms with Crippen LogP contribution >= 0.6 is 11.3 Å². The Hall–Kier alpha value is -2.28. The van der Waals surface area contributed by atoms with E-state index in [2.05, 4.69) is 15.3 Å². The Kier molecular flexibility index (Phi) is 5.43. The zero-order valence-corrected chi connectivity index (χ0v) is 15.3. The molecule has 1 fully saturated rings. The van der Waals surface area contributed by atoms with Crippen molar-refractivity contribution in [2.45, 2.75) is 45.7 Å². The first-order valence-electron chi connectivity index (χ1n) is 8.42. The number of likely N-dealkylation sites (tertiary alicyclic amines) is 1. The first-order valence-corrected chi connectivity index (χ1v) is 9.36. The first-order chi connectivity index (χ1) is 12.0. The number of nitrogens with one attached hydrogen (secondary N) is 1. The normalized spacial score (nSPS) is 16.9. The number of hydrogen-bond donors (Lipinski definition) is 1. The van der Waals surface area contributed by atoms with Crippen LogP contribution in [-0.2, 0) is 22.6 Å². The number of carbonyl (C=O) groups excluding carboxylic acids is 2. The van der Waals surface area contributed by atoms with Gasteiger partial charge in [0.15, 0.2) is 0 Å². The van der Waals surface area contributed by atoms with E-state index in [1.165, 1.54) is 0 Å². The average Bonchev–Trinajstić information content (AvgIpc) is 3.25. The molecular formula is C18H22N4O2S. The molecule has 2 aromatic rings. The minimum absolute atomic E-state index is 0.0250. The number of carbonyl (C=O) groups is 2. The maximum absolute atomic E-state index is 12.1. The maximum atomic E-state index is 12.1. The molecule has 1 N–H and O–H groups in total. The molecule has 2 aromatic heterocycles. The minimum atomic E-state index is -0.0280. The largest absolute Gasteiger partial charge is 0.352 e. The Morgan fingerprint density at radius 2 is 2.28 bits per heavy atom. The van der Waals surface area contributed by atoms with Gasteiger partial charge in [-0.3, -0.25) is 9.59 Å². The average molecular weight is 358 g/mol. The van der Waals surface area contributed by atoms with Crippen LogP contribution in [0.2, 0.25) is 0 Å². The van der Waals surface area contributed by atoms with Crippen molar-refractivity contribution in [2.24, 2.45) is 0 Å². The molecule has 25 heavy (non-hydrogen) atoms. The lowest BCUT2D eigenvalue weighted by atomic mass is 10.1. The molecule has 2 amide bonds. The van der Waals surface area contributed by atoms with E-state index in [-0.39, 0.29) is 17.9 Å². The number of amides is 2. The zero-order chi connectivity index (χ0) is 17.8. The van der Waals surface area contributed by atoms with E-state index < -0.39 is 0 Å². The predicted molar refractivity (Wildman–Crippen MR) is 96.0 cm³/mol. The monoisotopic (exact) mass is 358 g/mol. The molecule has 3 rings (SSSR count). The van der Waals surface area contributed by atoms with Gasteiger partial charge in [0.25, 0.3) is 0 Å². The molecule has 0 spiro atoms. The number of nitrogens with zero attached hydrogens (tertiary/aromatic N) is 3. The summed E-state index contributed by atoms with van der Waals surface area (Å²) in [6, 6.07) is 1.93. The lowest BCUT2D eigenvalue weighted by molar-refractivity contribution is -0.129. The summed E-state index contributed by atoms with van der Waals surface area (Å²) in [6.07, 6.45) is 4.00. The van der Waals surface area contributed by atoms with Crippen LogP contribution in [0.3, 0.4) is 0 Å². The van der Waals surface area contributed by atoms with Gasteiger partial charge in [-0.15, -0.1) is 0 Å². The van der Waals surface area contributed by atoms with Gasteiger partial charge in [-0.05, 0) is 42.2 Å². The lowest BCUT2D eigenvalue weighted by Crippen LogP contribution is -2.31. The van der Waals surface area contributed by atoms with Gasteiger partial charge in [0.05, 0.1) is 18.2 Å². The van der Waals surface area contributed by atoms with Crippen LogP contribution in [0.15, 0.2) is 23.0 Å². The van der Waals surface area contributed by atoms with Crippen LogP contribution < -0.4 is 5.32 Å². The summed E-state index contributed by atoms with van der Waals surface area (Å²) in [7, 11) is 0. The Morgan fingerprint density at radius 3 is 3.00 bits per heavy atom. The molecule has 7 heteroatoms. The molecule has 0 aliphatic carbocycles. The second kappa shape index (κ2) is 7.74. The van der Waals surface area contributed by atoms with E-state index in [4.69, 9.17) is 0 Å². The van der Waals surface area contributed by atoms with Crippen molar-refractivity contribution in [3.05, 3.63) is 45.7 Å². The highest BCUT2D eigenvalue weighted by Gasteiger charge is 2.31. The molecule has 1 unspecified atom stereocenters. The Labute approximate surface area is 151 Å². The fourth-order valence-electron chi connectivity index (χ4n) is 3.20. The Morgan fingerprint density at radius 1 is 1.44 bits per heavy atom. The summed E-state index contributed by atoms with van der Waals surface area (Å²) in [5, 5.41) is 6.89. The highest BCUT2D eigenvalue weighted by atomic mass is 32.1. The Balaban J connectivity index is 1.73. The van der Waals surface area contributed by atoms with Gasteiger partial charge in [0, 0.05) is 31.8 Å². The molecule has 0 aromatic carbocycles. The van der Waals surface area contributed by atoms with Crippen molar-refractivity contribution in [2.75, 3.05) is 6.54 Å². The third-order valence-corrected chi connectivity index (χ3v) is 5.14. The van der Waals surface area contributed by atoms with Crippen molar-refractivity contribution >= 4 is 23.2 Å². The van der Waals surface area contributed by atoms with Crippen molar-refractivity contribution in [1.29, 1.82) is 0 Å². The van der Waals surface area contributed by atoms with Gasteiger partial charge < -0.3 is 10.2 Å². The highest BCUT2D eigenvalue weighted by molar-refractivity contribution is 7.08. The standard InChI is InChI=1S/C18H22N4O2S/c1-12-19-9-15(10-20-17(24)8-14-5-7-25-11-14)18(21-12)16-4-3-6-22(16)13(2)23/h5,7,9,11,16H,3-4,6,8,10H2,1-2H3,(H,20,24). The topological polar surface area (TPSA) is 75.2 Å². The van der Waals surface area contributed by atoms with Gasteiger partial charge in [0.1, 0.15) is 5.82 Å². The molecule has 1 aliphatic rings. The van der Waals surface area contributed by atoms with Crippen molar-refractivity contribution in [3.63, 3.8) is 0 Å². The van der Waals surface area contributed by atoms with Gasteiger partial charge in [0.2, 0.25) is 11.8 Å². The van der Waals surface area contributed by atoms with Crippen LogP contribution in [-0.4, -0.2) is 33.2 Å². The molecule has 0 radical (unpaired) electrons.